The van der Waals surface area contributed by atoms with E-state index in [-0.39, 0.29) is 0 Å². The van der Waals surface area contributed by atoms with Crippen LogP contribution in [0.25, 0.3) is 0 Å². The Balaban J connectivity index is 2.11. The summed E-state index contributed by atoms with van der Waals surface area (Å²) >= 11 is 0. The lowest BCUT2D eigenvalue weighted by atomic mass is 10.1. The molecule has 2 rings (SSSR count). The summed E-state index contributed by atoms with van der Waals surface area (Å²) in [6, 6.07) is 9.20. The molecule has 0 aliphatic rings. The fourth-order valence-electron chi connectivity index (χ4n) is 3.07. The highest BCUT2D eigenvalue weighted by Gasteiger charge is 2.11. The van der Waals surface area contributed by atoms with Gasteiger partial charge in [0.1, 0.15) is 5.75 Å². The maximum Gasteiger partial charge on any atom is 0.191 e. The molecular weight excluding hydrogens is 374 g/mol. The van der Waals surface area contributed by atoms with Gasteiger partial charge < -0.3 is 15.7 Å². The van der Waals surface area contributed by atoms with Gasteiger partial charge in [-0.1, -0.05) is 24.3 Å². The van der Waals surface area contributed by atoms with Crippen molar-refractivity contribution in [3.05, 3.63) is 58.1 Å². The van der Waals surface area contributed by atoms with Crippen molar-refractivity contribution in [2.45, 2.75) is 45.7 Å². The molecule has 6 nitrogen and oxygen atoms in total. The number of aromatic hydroxyl groups is 1. The number of hydrogen-bond acceptors (Lipinski definition) is 4. The van der Waals surface area contributed by atoms with E-state index < -0.39 is 9.84 Å². The molecular formula is C21H29N3O3S. The Morgan fingerprint density at radius 3 is 2.14 bits per heavy atom. The van der Waals surface area contributed by atoms with E-state index in [0.29, 0.717) is 29.7 Å². The van der Waals surface area contributed by atoms with Crippen LogP contribution in [0.15, 0.2) is 40.2 Å². The summed E-state index contributed by atoms with van der Waals surface area (Å²) in [6.45, 7) is 9.30. The SMILES string of the molecule is CCNC(=NCc1cc(C)c(O)c(C)c1)NCc1ccc(S(C)(=O)=O)c(C)c1. The van der Waals surface area contributed by atoms with E-state index in [0.717, 1.165) is 34.4 Å². The Hall–Kier alpha value is -2.54. The molecule has 0 heterocycles. The molecule has 0 aliphatic carbocycles. The Morgan fingerprint density at radius 1 is 1.00 bits per heavy atom. The van der Waals surface area contributed by atoms with Gasteiger partial charge in [0, 0.05) is 19.3 Å². The van der Waals surface area contributed by atoms with Crippen molar-refractivity contribution in [3.8, 4) is 5.75 Å². The maximum absolute atomic E-state index is 11.7. The number of hydrogen-bond donors (Lipinski definition) is 3. The van der Waals surface area contributed by atoms with Crippen LogP contribution in [-0.2, 0) is 22.9 Å². The summed E-state index contributed by atoms with van der Waals surface area (Å²) in [6.07, 6.45) is 1.22. The molecule has 3 N–H and O–H groups in total. The largest absolute Gasteiger partial charge is 0.507 e. The van der Waals surface area contributed by atoms with Gasteiger partial charge in [-0.25, -0.2) is 13.4 Å². The lowest BCUT2D eigenvalue weighted by Gasteiger charge is -2.13. The minimum atomic E-state index is -3.21. The Labute approximate surface area is 167 Å². The van der Waals surface area contributed by atoms with Crippen molar-refractivity contribution in [1.29, 1.82) is 0 Å². The molecule has 2 aromatic rings. The second kappa shape index (κ2) is 9.10. The molecule has 2 aromatic carbocycles. The molecule has 0 saturated heterocycles. The van der Waals surface area contributed by atoms with Crippen molar-refractivity contribution in [3.63, 3.8) is 0 Å². The van der Waals surface area contributed by atoms with Gasteiger partial charge in [-0.3, -0.25) is 0 Å². The normalized spacial score (nSPS) is 12.1. The van der Waals surface area contributed by atoms with E-state index in [1.54, 1.807) is 13.0 Å². The zero-order valence-corrected chi connectivity index (χ0v) is 17.9. The highest BCUT2D eigenvalue weighted by Crippen LogP contribution is 2.23. The predicted octanol–water partition coefficient (Wildman–Crippen LogP) is 2.98. The molecule has 0 bridgehead atoms. The summed E-state index contributed by atoms with van der Waals surface area (Å²) in [5, 5.41) is 16.4. The zero-order chi connectivity index (χ0) is 20.9. The zero-order valence-electron chi connectivity index (χ0n) is 17.1. The molecule has 0 fully saturated rings. The number of aliphatic imine (C=N–C) groups is 1. The molecule has 0 aliphatic heterocycles. The van der Waals surface area contributed by atoms with E-state index in [1.165, 1.54) is 6.26 Å². The van der Waals surface area contributed by atoms with Crippen LogP contribution in [0.1, 0.15) is 34.7 Å². The van der Waals surface area contributed by atoms with Crippen molar-refractivity contribution in [2.24, 2.45) is 4.99 Å². The monoisotopic (exact) mass is 403 g/mol. The fraction of sp³-hybridized carbons (Fsp3) is 0.381. The number of rotatable bonds is 6. The van der Waals surface area contributed by atoms with E-state index in [4.69, 9.17) is 0 Å². The third-order valence-corrected chi connectivity index (χ3v) is 5.67. The number of sulfone groups is 1. The number of phenolic OH excluding ortho intramolecular Hbond substituents is 1. The topological polar surface area (TPSA) is 90.8 Å². The number of phenols is 1. The molecule has 0 atom stereocenters. The molecule has 0 spiro atoms. The molecule has 0 saturated carbocycles. The average molecular weight is 404 g/mol. The average Bonchev–Trinajstić information content (AvgIpc) is 2.60. The van der Waals surface area contributed by atoms with Crippen molar-refractivity contribution >= 4 is 15.8 Å². The van der Waals surface area contributed by atoms with Gasteiger partial charge in [-0.05, 0) is 61.6 Å². The van der Waals surface area contributed by atoms with Crippen molar-refractivity contribution in [1.82, 2.24) is 10.6 Å². The highest BCUT2D eigenvalue weighted by atomic mass is 32.2. The van der Waals surface area contributed by atoms with E-state index in [1.807, 2.05) is 45.0 Å². The summed E-state index contributed by atoms with van der Waals surface area (Å²) in [7, 11) is -3.21. The van der Waals surface area contributed by atoms with Crippen LogP contribution < -0.4 is 10.6 Å². The van der Waals surface area contributed by atoms with Crippen molar-refractivity contribution < 1.29 is 13.5 Å². The molecule has 0 aromatic heterocycles. The number of nitrogens with one attached hydrogen (secondary N) is 2. The van der Waals surface area contributed by atoms with Crippen LogP contribution in [-0.4, -0.2) is 32.3 Å². The van der Waals surface area contributed by atoms with E-state index in [2.05, 4.69) is 15.6 Å². The minimum Gasteiger partial charge on any atom is -0.507 e. The molecule has 0 unspecified atom stereocenters. The summed E-state index contributed by atoms with van der Waals surface area (Å²) in [5.74, 6) is 1.00. The summed E-state index contributed by atoms with van der Waals surface area (Å²) < 4.78 is 23.5. The third-order valence-electron chi connectivity index (χ3n) is 4.41. The lowest BCUT2D eigenvalue weighted by molar-refractivity contribution is 0.466. The summed E-state index contributed by atoms with van der Waals surface area (Å²) in [5.41, 5.74) is 4.41. The first-order chi connectivity index (χ1) is 13.1. The number of nitrogens with zero attached hydrogens (tertiary/aromatic N) is 1. The quantitative estimate of drug-likeness (QED) is 0.510. The predicted molar refractivity (Wildman–Crippen MR) is 114 cm³/mol. The van der Waals surface area contributed by atoms with Gasteiger partial charge in [0.25, 0.3) is 0 Å². The smallest absolute Gasteiger partial charge is 0.191 e. The third kappa shape index (κ3) is 5.73. The van der Waals surface area contributed by atoms with Gasteiger partial charge in [0.2, 0.25) is 0 Å². The molecule has 7 heteroatoms. The number of benzene rings is 2. The van der Waals surface area contributed by atoms with Crippen LogP contribution in [0.5, 0.6) is 5.75 Å². The summed E-state index contributed by atoms with van der Waals surface area (Å²) in [4.78, 5) is 4.96. The molecule has 152 valence electrons. The van der Waals surface area contributed by atoms with Crippen LogP contribution >= 0.6 is 0 Å². The van der Waals surface area contributed by atoms with Crippen LogP contribution in [0, 0.1) is 20.8 Å². The number of aryl methyl sites for hydroxylation is 3. The van der Waals surface area contributed by atoms with Gasteiger partial charge in [-0.15, -0.1) is 0 Å². The molecule has 0 amide bonds. The molecule has 0 radical (unpaired) electrons. The first kappa shape index (κ1) is 21.8. The van der Waals surface area contributed by atoms with Crippen LogP contribution in [0.4, 0.5) is 0 Å². The maximum atomic E-state index is 11.7. The Kier molecular flexibility index (Phi) is 7.07. The van der Waals surface area contributed by atoms with E-state index >= 15 is 0 Å². The lowest BCUT2D eigenvalue weighted by Crippen LogP contribution is -2.36. The Bertz CT molecular complexity index is 959. The second-order valence-electron chi connectivity index (χ2n) is 7.00. The van der Waals surface area contributed by atoms with Gasteiger partial charge in [-0.2, -0.15) is 0 Å². The standard InChI is InChI=1S/C21H29N3O3S/c1-6-22-21(24-13-18-10-15(3)20(25)16(4)11-18)23-12-17-7-8-19(14(2)9-17)28(5,26)27/h7-11,25H,6,12-13H2,1-5H3,(H2,22,23,24). The van der Waals surface area contributed by atoms with Crippen LogP contribution in [0.2, 0.25) is 0 Å². The van der Waals surface area contributed by atoms with Crippen molar-refractivity contribution in [2.75, 3.05) is 12.8 Å². The minimum absolute atomic E-state index is 0.325. The molecule has 28 heavy (non-hydrogen) atoms. The van der Waals surface area contributed by atoms with Gasteiger partial charge >= 0.3 is 0 Å². The Morgan fingerprint density at radius 2 is 1.61 bits per heavy atom. The fourth-order valence-corrected chi connectivity index (χ4v) is 4.03. The first-order valence-corrected chi connectivity index (χ1v) is 11.1. The van der Waals surface area contributed by atoms with E-state index in [9.17, 15) is 13.5 Å². The first-order valence-electron chi connectivity index (χ1n) is 9.22. The van der Waals surface area contributed by atoms with Gasteiger partial charge in [0.05, 0.1) is 11.4 Å². The second-order valence-corrected chi connectivity index (χ2v) is 8.98. The number of guanidine groups is 1. The van der Waals surface area contributed by atoms with Gasteiger partial charge in [0.15, 0.2) is 15.8 Å². The highest BCUT2D eigenvalue weighted by molar-refractivity contribution is 7.90. The van der Waals surface area contributed by atoms with Crippen LogP contribution in [0.3, 0.4) is 0 Å².